The first-order valence-electron chi connectivity index (χ1n) is 9.86. The van der Waals surface area contributed by atoms with Crippen LogP contribution < -0.4 is 5.32 Å². The predicted octanol–water partition coefficient (Wildman–Crippen LogP) is 1.52. The zero-order valence-corrected chi connectivity index (χ0v) is 15.5. The van der Waals surface area contributed by atoms with E-state index in [0.29, 0.717) is 25.1 Å². The van der Waals surface area contributed by atoms with E-state index in [9.17, 15) is 19.6 Å². The van der Waals surface area contributed by atoms with Gasteiger partial charge in [0.25, 0.3) is 12.6 Å². The van der Waals surface area contributed by atoms with Gasteiger partial charge in [0, 0.05) is 24.5 Å². The molecule has 0 saturated carbocycles. The molecule has 142 valence electrons. The van der Waals surface area contributed by atoms with Gasteiger partial charge in [-0.1, -0.05) is 18.7 Å². The number of nitrogens with zero attached hydrogens (tertiary/aromatic N) is 2. The van der Waals surface area contributed by atoms with Crippen molar-refractivity contribution in [3.63, 3.8) is 0 Å². The first-order chi connectivity index (χ1) is 13.5. The lowest BCUT2D eigenvalue weighted by molar-refractivity contribution is -0.136. The largest absolute Gasteiger partial charge is 0.366 e. The van der Waals surface area contributed by atoms with Crippen LogP contribution in [0.1, 0.15) is 52.7 Å². The minimum absolute atomic E-state index is 0.0947. The highest BCUT2D eigenvalue weighted by Gasteiger charge is 2.47. The van der Waals surface area contributed by atoms with Crippen molar-refractivity contribution in [3.05, 3.63) is 34.4 Å². The summed E-state index contributed by atoms with van der Waals surface area (Å²) in [5, 5.41) is 11.5. The number of ether oxygens (including phenoxy) is 1. The molecule has 2 saturated heterocycles. The summed E-state index contributed by atoms with van der Waals surface area (Å²) in [6.07, 6.45) is 3.91. The lowest BCUT2D eigenvalue weighted by atomic mass is 9.41. The van der Waals surface area contributed by atoms with E-state index in [-0.39, 0.29) is 30.5 Å². The normalized spacial score (nSPS) is 25.5. The number of hydrogen-bond donors (Lipinski definition) is 1. The van der Waals surface area contributed by atoms with E-state index in [1.165, 1.54) is 0 Å². The number of benzene rings is 1. The van der Waals surface area contributed by atoms with Crippen molar-refractivity contribution in [1.82, 2.24) is 10.2 Å². The molecule has 0 aliphatic carbocycles. The van der Waals surface area contributed by atoms with Gasteiger partial charge in [0.05, 0.1) is 12.2 Å². The molecule has 4 aliphatic rings. The number of nitriles is 1. The third-order valence-corrected chi connectivity index (χ3v) is 6.80. The number of nitrogens with one attached hydrogen (secondary N) is 1. The third kappa shape index (κ3) is 2.42. The highest BCUT2D eigenvalue weighted by atomic mass is 16.5. The number of amides is 3. The quantitative estimate of drug-likeness (QED) is 0.591. The summed E-state index contributed by atoms with van der Waals surface area (Å²) < 4.78 is 6.26. The van der Waals surface area contributed by atoms with Gasteiger partial charge in [0.15, 0.2) is 0 Å². The number of carbonyl (C=O) groups is 3. The molecule has 0 radical (unpaired) electrons. The average molecular weight is 377 g/mol. The Kier molecular flexibility index (Phi) is 3.85. The molecule has 7 nitrogen and oxygen atoms in total. The van der Waals surface area contributed by atoms with Crippen LogP contribution in [0.25, 0.3) is 0 Å². The Labute approximate surface area is 163 Å². The molecule has 5 rings (SSSR count). The minimum Gasteiger partial charge on any atom is -0.366 e. The highest BCUT2D eigenvalue weighted by Crippen LogP contribution is 2.49. The fraction of sp³-hybridized carbons (Fsp3) is 0.500. The summed E-state index contributed by atoms with van der Waals surface area (Å²) in [7, 11) is 0. The molecule has 8 heteroatoms. The maximum Gasteiger partial charge on any atom is 0.268 e. The first-order valence-corrected chi connectivity index (χ1v) is 9.86. The zero-order chi connectivity index (χ0) is 19.5. The summed E-state index contributed by atoms with van der Waals surface area (Å²) >= 11 is 0. The summed E-state index contributed by atoms with van der Waals surface area (Å²) in [5.41, 5.74) is 3.45. The lowest BCUT2D eigenvalue weighted by Gasteiger charge is -2.34. The SMILES string of the molecule is N#CB1CCC2(CC1)OCc1c2ccc2c1CN(C1CCC(=O)NC1=O)C2=O. The van der Waals surface area contributed by atoms with Crippen molar-refractivity contribution in [2.24, 2.45) is 0 Å². The second kappa shape index (κ2) is 6.18. The summed E-state index contributed by atoms with van der Waals surface area (Å²) in [6.45, 7) is 0.938. The number of fused-ring (bicyclic) bond motifs is 4. The van der Waals surface area contributed by atoms with Crippen molar-refractivity contribution in [1.29, 1.82) is 5.26 Å². The van der Waals surface area contributed by atoms with E-state index in [4.69, 9.17) is 4.74 Å². The number of piperidine rings is 1. The molecular formula is C20H20BN3O4. The third-order valence-electron chi connectivity index (χ3n) is 6.80. The molecule has 1 spiro atoms. The molecule has 1 unspecified atom stereocenters. The van der Waals surface area contributed by atoms with Crippen LogP contribution in [0.4, 0.5) is 0 Å². The summed E-state index contributed by atoms with van der Waals surface area (Å²) in [4.78, 5) is 38.2. The highest BCUT2D eigenvalue weighted by molar-refractivity contribution is 6.67. The Morgan fingerprint density at radius 1 is 1.21 bits per heavy atom. The molecule has 1 N–H and O–H groups in total. The smallest absolute Gasteiger partial charge is 0.268 e. The predicted molar refractivity (Wildman–Crippen MR) is 99.2 cm³/mol. The summed E-state index contributed by atoms with van der Waals surface area (Å²) in [6, 6.07) is 3.25. The maximum absolute atomic E-state index is 13.0. The van der Waals surface area contributed by atoms with E-state index in [1.807, 2.05) is 12.1 Å². The van der Waals surface area contributed by atoms with Crippen molar-refractivity contribution in [2.45, 2.75) is 63.1 Å². The van der Waals surface area contributed by atoms with Gasteiger partial charge in [-0.2, -0.15) is 0 Å². The van der Waals surface area contributed by atoms with Crippen LogP contribution in [-0.4, -0.2) is 35.4 Å². The number of hydrogen-bond acceptors (Lipinski definition) is 5. The van der Waals surface area contributed by atoms with Gasteiger partial charge in [-0.3, -0.25) is 19.7 Å². The minimum atomic E-state index is -0.601. The van der Waals surface area contributed by atoms with Gasteiger partial charge >= 0.3 is 0 Å². The Balaban J connectivity index is 1.45. The van der Waals surface area contributed by atoms with Crippen LogP contribution in [0, 0.1) is 11.2 Å². The van der Waals surface area contributed by atoms with Crippen LogP contribution in [0.3, 0.4) is 0 Å². The zero-order valence-electron chi connectivity index (χ0n) is 15.5. The second-order valence-electron chi connectivity index (χ2n) is 8.20. The van der Waals surface area contributed by atoms with Gasteiger partial charge in [-0.25, -0.2) is 5.26 Å². The first kappa shape index (κ1) is 17.4. The molecule has 0 aromatic heterocycles. The van der Waals surface area contributed by atoms with Crippen molar-refractivity contribution in [2.75, 3.05) is 0 Å². The molecule has 1 aromatic carbocycles. The molecule has 4 heterocycles. The molecule has 1 atom stereocenters. The average Bonchev–Trinajstić information content (AvgIpc) is 3.21. The van der Waals surface area contributed by atoms with E-state index in [2.05, 4.69) is 11.3 Å². The monoisotopic (exact) mass is 377 g/mol. The molecule has 3 amide bonds. The Bertz CT molecular complexity index is 946. The number of rotatable bonds is 1. The van der Waals surface area contributed by atoms with Gasteiger partial charge < -0.3 is 9.64 Å². The van der Waals surface area contributed by atoms with Gasteiger partial charge in [0.1, 0.15) is 6.04 Å². The van der Waals surface area contributed by atoms with Crippen molar-refractivity contribution in [3.8, 4) is 5.97 Å². The summed E-state index contributed by atoms with van der Waals surface area (Å²) in [5.74, 6) is 1.54. The molecule has 28 heavy (non-hydrogen) atoms. The van der Waals surface area contributed by atoms with Crippen LogP contribution in [0.5, 0.6) is 0 Å². The fourth-order valence-corrected chi connectivity index (χ4v) is 5.21. The van der Waals surface area contributed by atoms with Gasteiger partial charge in [0.2, 0.25) is 11.8 Å². The van der Waals surface area contributed by atoms with Gasteiger partial charge in [-0.05, 0) is 42.0 Å². The molecule has 1 aromatic rings. The standard InChI is InChI=1S/C20H20BN3O4/c22-11-21-7-5-20(6-8-21)15-2-1-12-13(14(15)10-28-20)9-24(19(12)27)16-3-4-17(25)23-18(16)26/h1-2,16H,3-10H2,(H,23,25,26). The molecule has 2 fully saturated rings. The van der Waals surface area contributed by atoms with Crippen LogP contribution in [-0.2, 0) is 33.1 Å². The fourth-order valence-electron chi connectivity index (χ4n) is 5.21. The molecule has 0 bridgehead atoms. The van der Waals surface area contributed by atoms with E-state index < -0.39 is 11.9 Å². The van der Waals surface area contributed by atoms with Crippen LogP contribution >= 0.6 is 0 Å². The van der Waals surface area contributed by atoms with Crippen molar-refractivity contribution >= 4 is 24.4 Å². The van der Waals surface area contributed by atoms with E-state index in [0.717, 1.165) is 42.2 Å². The van der Waals surface area contributed by atoms with Gasteiger partial charge in [-0.15, -0.1) is 0 Å². The van der Waals surface area contributed by atoms with Crippen molar-refractivity contribution < 1.29 is 19.1 Å². The van der Waals surface area contributed by atoms with E-state index >= 15 is 0 Å². The number of carbonyl (C=O) groups excluding carboxylic acids is 3. The molecule has 4 aliphatic heterocycles. The van der Waals surface area contributed by atoms with Crippen LogP contribution in [0.15, 0.2) is 12.1 Å². The number of imide groups is 1. The Morgan fingerprint density at radius 2 is 2.00 bits per heavy atom. The topological polar surface area (TPSA) is 99.5 Å². The Morgan fingerprint density at radius 3 is 2.71 bits per heavy atom. The Hall–Kier alpha value is -2.66. The molecular weight excluding hydrogens is 357 g/mol. The maximum atomic E-state index is 13.0. The second-order valence-corrected chi connectivity index (χ2v) is 8.20. The van der Waals surface area contributed by atoms with Crippen LogP contribution in [0.2, 0.25) is 12.6 Å². The lowest BCUT2D eigenvalue weighted by Crippen LogP contribution is -2.52. The van der Waals surface area contributed by atoms with E-state index in [1.54, 1.807) is 4.90 Å².